The lowest BCUT2D eigenvalue weighted by atomic mass is 10.2. The highest BCUT2D eigenvalue weighted by atomic mass is 32.1. The fraction of sp³-hybridized carbons (Fsp3) is 0. The summed E-state index contributed by atoms with van der Waals surface area (Å²) >= 11 is 5.10. The van der Waals surface area contributed by atoms with Crippen LogP contribution < -0.4 is 5.84 Å². The number of nitrogens with zero attached hydrogens (tertiary/aromatic N) is 2. The molecule has 1 aromatic carbocycles. The number of benzene rings is 1. The maximum atomic E-state index is 12.0. The second kappa shape index (κ2) is 5.55. The van der Waals surface area contributed by atoms with Crippen LogP contribution in [-0.2, 0) is 0 Å². The molecule has 0 saturated carbocycles. The van der Waals surface area contributed by atoms with Crippen molar-refractivity contribution in [1.82, 2.24) is 9.99 Å². The molecule has 0 atom stereocenters. The van der Waals surface area contributed by atoms with Gasteiger partial charge in [-0.2, -0.15) is 0 Å². The SMILES string of the molecule is NN(C(=O)c1ccccn1)C(=S)c1ccccc1O. The van der Waals surface area contributed by atoms with Crippen LogP contribution in [0.5, 0.6) is 5.75 Å². The van der Waals surface area contributed by atoms with Gasteiger partial charge in [-0.05, 0) is 24.3 Å². The zero-order chi connectivity index (χ0) is 13.8. The summed E-state index contributed by atoms with van der Waals surface area (Å²) in [4.78, 5) is 16.0. The van der Waals surface area contributed by atoms with Crippen molar-refractivity contribution in [2.75, 3.05) is 0 Å². The van der Waals surface area contributed by atoms with Crippen LogP contribution >= 0.6 is 12.2 Å². The maximum absolute atomic E-state index is 12.0. The molecule has 0 saturated heterocycles. The van der Waals surface area contributed by atoms with Crippen LogP contribution in [0.25, 0.3) is 0 Å². The van der Waals surface area contributed by atoms with Crippen LogP contribution in [0.15, 0.2) is 48.7 Å². The quantitative estimate of drug-likeness (QED) is 0.375. The number of hydrogen-bond donors (Lipinski definition) is 2. The third-order valence-electron chi connectivity index (χ3n) is 2.46. The zero-order valence-corrected chi connectivity index (χ0v) is 10.7. The number of hydrogen-bond acceptors (Lipinski definition) is 5. The lowest BCUT2D eigenvalue weighted by Crippen LogP contribution is -2.42. The molecule has 0 unspecified atom stereocenters. The molecule has 5 nitrogen and oxygen atoms in total. The number of carbonyl (C=O) groups excluding carboxylic acids is 1. The molecular weight excluding hydrogens is 262 g/mol. The van der Waals surface area contributed by atoms with E-state index in [1.165, 1.54) is 18.3 Å². The molecule has 6 heteroatoms. The fourth-order valence-electron chi connectivity index (χ4n) is 1.49. The van der Waals surface area contributed by atoms with E-state index in [9.17, 15) is 9.90 Å². The highest BCUT2D eigenvalue weighted by Gasteiger charge is 2.20. The number of para-hydroxylation sites is 1. The van der Waals surface area contributed by atoms with E-state index in [0.717, 1.165) is 5.01 Å². The summed E-state index contributed by atoms with van der Waals surface area (Å²) in [7, 11) is 0. The zero-order valence-electron chi connectivity index (χ0n) is 9.85. The molecule has 2 aromatic rings. The van der Waals surface area contributed by atoms with E-state index in [2.05, 4.69) is 4.98 Å². The fourth-order valence-corrected chi connectivity index (χ4v) is 1.74. The molecule has 19 heavy (non-hydrogen) atoms. The van der Waals surface area contributed by atoms with Gasteiger partial charge in [0.1, 0.15) is 16.4 Å². The van der Waals surface area contributed by atoms with Gasteiger partial charge in [-0.15, -0.1) is 0 Å². The van der Waals surface area contributed by atoms with Gasteiger partial charge in [-0.3, -0.25) is 9.78 Å². The van der Waals surface area contributed by atoms with Gasteiger partial charge >= 0.3 is 0 Å². The molecule has 0 aliphatic carbocycles. The molecule has 0 bridgehead atoms. The van der Waals surface area contributed by atoms with E-state index in [4.69, 9.17) is 18.1 Å². The van der Waals surface area contributed by atoms with Crippen LogP contribution in [0.4, 0.5) is 0 Å². The molecule has 1 heterocycles. The maximum Gasteiger partial charge on any atom is 0.291 e. The van der Waals surface area contributed by atoms with E-state index >= 15 is 0 Å². The summed E-state index contributed by atoms with van der Waals surface area (Å²) < 4.78 is 0. The number of phenolic OH excluding ortho intramolecular Hbond substituents is 1. The van der Waals surface area contributed by atoms with E-state index in [0.29, 0.717) is 5.56 Å². The number of aromatic hydroxyl groups is 1. The van der Waals surface area contributed by atoms with Gasteiger partial charge in [0.05, 0.1) is 5.56 Å². The minimum atomic E-state index is -0.533. The van der Waals surface area contributed by atoms with Crippen molar-refractivity contribution >= 4 is 23.1 Å². The molecule has 2 rings (SSSR count). The van der Waals surface area contributed by atoms with Crippen LogP contribution in [0.2, 0.25) is 0 Å². The number of pyridine rings is 1. The van der Waals surface area contributed by atoms with Gasteiger partial charge in [0.15, 0.2) is 0 Å². The number of amides is 1. The Bertz CT molecular complexity index is 616. The van der Waals surface area contributed by atoms with Crippen molar-refractivity contribution in [1.29, 1.82) is 0 Å². The highest BCUT2D eigenvalue weighted by Crippen LogP contribution is 2.18. The monoisotopic (exact) mass is 273 g/mol. The molecule has 0 fully saturated rings. The third kappa shape index (κ3) is 2.75. The van der Waals surface area contributed by atoms with Crippen molar-refractivity contribution in [3.63, 3.8) is 0 Å². The standard InChI is InChI=1S/C13H11N3O2S/c14-16(12(18)10-6-3-4-8-15-10)13(19)9-5-1-2-7-11(9)17/h1-8,17H,14H2. The van der Waals surface area contributed by atoms with Crippen LogP contribution in [0.1, 0.15) is 16.1 Å². The lowest BCUT2D eigenvalue weighted by molar-refractivity contribution is 0.0844. The number of carbonyl (C=O) groups is 1. The Kier molecular flexibility index (Phi) is 3.84. The molecule has 1 aromatic heterocycles. The molecular formula is C13H11N3O2S. The smallest absolute Gasteiger partial charge is 0.291 e. The second-order valence-corrected chi connectivity index (χ2v) is 4.10. The number of thiocarbonyl (C=S) groups is 1. The van der Waals surface area contributed by atoms with Gasteiger partial charge in [-0.25, -0.2) is 10.9 Å². The first-order valence-electron chi connectivity index (χ1n) is 5.44. The average molecular weight is 273 g/mol. The van der Waals surface area contributed by atoms with Gasteiger partial charge < -0.3 is 5.11 Å². The Hall–Kier alpha value is -2.31. The minimum Gasteiger partial charge on any atom is -0.507 e. The summed E-state index contributed by atoms with van der Waals surface area (Å²) in [6, 6.07) is 11.3. The summed E-state index contributed by atoms with van der Waals surface area (Å²) in [6.07, 6.45) is 1.49. The summed E-state index contributed by atoms with van der Waals surface area (Å²) in [5.41, 5.74) is 0.507. The highest BCUT2D eigenvalue weighted by molar-refractivity contribution is 7.80. The first-order chi connectivity index (χ1) is 9.11. The first kappa shape index (κ1) is 13.1. The van der Waals surface area contributed by atoms with Gasteiger partial charge in [0.2, 0.25) is 0 Å². The Labute approximate surface area is 115 Å². The number of aromatic nitrogens is 1. The lowest BCUT2D eigenvalue weighted by Gasteiger charge is -2.17. The van der Waals surface area contributed by atoms with Gasteiger partial charge in [-0.1, -0.05) is 30.4 Å². The Morgan fingerprint density at radius 2 is 1.89 bits per heavy atom. The van der Waals surface area contributed by atoms with Crippen molar-refractivity contribution in [3.8, 4) is 5.75 Å². The topological polar surface area (TPSA) is 79.5 Å². The van der Waals surface area contributed by atoms with Gasteiger partial charge in [0, 0.05) is 6.20 Å². The Morgan fingerprint density at radius 1 is 1.21 bits per heavy atom. The summed E-state index contributed by atoms with van der Waals surface area (Å²) in [6.45, 7) is 0. The molecule has 96 valence electrons. The predicted octanol–water partition coefficient (Wildman–Crippen LogP) is 1.48. The molecule has 0 spiro atoms. The van der Waals surface area contributed by atoms with E-state index in [1.807, 2.05) is 0 Å². The van der Waals surface area contributed by atoms with Crippen molar-refractivity contribution in [2.24, 2.45) is 5.84 Å². The normalized spacial score (nSPS) is 9.95. The molecule has 0 radical (unpaired) electrons. The Morgan fingerprint density at radius 3 is 2.53 bits per heavy atom. The average Bonchev–Trinajstić information content (AvgIpc) is 2.46. The summed E-state index contributed by atoms with van der Waals surface area (Å²) in [5, 5.41) is 10.5. The Balaban J connectivity index is 2.26. The van der Waals surface area contributed by atoms with Crippen LogP contribution in [0, 0.1) is 0 Å². The summed E-state index contributed by atoms with van der Waals surface area (Å²) in [5.74, 6) is 5.12. The van der Waals surface area contributed by atoms with Crippen molar-refractivity contribution < 1.29 is 9.90 Å². The predicted molar refractivity (Wildman–Crippen MR) is 74.4 cm³/mol. The number of rotatable bonds is 2. The van der Waals surface area contributed by atoms with Gasteiger partial charge in [0.25, 0.3) is 5.91 Å². The largest absolute Gasteiger partial charge is 0.507 e. The number of hydrazine groups is 1. The third-order valence-corrected chi connectivity index (χ3v) is 2.87. The van der Waals surface area contributed by atoms with Crippen molar-refractivity contribution in [2.45, 2.75) is 0 Å². The molecule has 0 aliphatic rings. The van der Waals surface area contributed by atoms with E-state index in [1.54, 1.807) is 30.3 Å². The molecule has 3 N–H and O–H groups in total. The first-order valence-corrected chi connectivity index (χ1v) is 5.84. The van der Waals surface area contributed by atoms with E-state index in [-0.39, 0.29) is 16.4 Å². The minimum absolute atomic E-state index is 0.0308. The van der Waals surface area contributed by atoms with E-state index < -0.39 is 5.91 Å². The molecule has 0 aliphatic heterocycles. The van der Waals surface area contributed by atoms with Crippen molar-refractivity contribution in [3.05, 3.63) is 59.9 Å². The van der Waals surface area contributed by atoms with Crippen LogP contribution in [-0.4, -0.2) is 26.0 Å². The molecule has 1 amide bonds. The number of phenols is 1. The second-order valence-electron chi connectivity index (χ2n) is 3.71. The van der Waals surface area contributed by atoms with Crippen LogP contribution in [0.3, 0.4) is 0 Å². The number of nitrogens with two attached hydrogens (primary N) is 1.